The third-order valence-electron chi connectivity index (χ3n) is 1.50. The number of rotatable bonds is 2. The standard InChI is InChI=1S/C9H6BrClN2O/c10-9(11)8(14)6(5-12)7-3-1-2-4-13-7/h1-4,9,14H. The minimum Gasteiger partial charge on any atom is -0.508 e. The fraction of sp³-hybridized carbons (Fsp3) is 0.111. The second-order valence-corrected chi connectivity index (χ2v) is 4.27. The number of hydrogen-bond acceptors (Lipinski definition) is 3. The largest absolute Gasteiger partial charge is 0.508 e. The third-order valence-corrected chi connectivity index (χ3v) is 2.14. The van der Waals surface area contributed by atoms with E-state index in [2.05, 4.69) is 20.9 Å². The molecule has 0 aliphatic carbocycles. The summed E-state index contributed by atoms with van der Waals surface area (Å²) >= 11 is 8.54. The number of hydrogen-bond donors (Lipinski definition) is 1. The highest BCUT2D eigenvalue weighted by Gasteiger charge is 2.14. The van der Waals surface area contributed by atoms with Crippen molar-refractivity contribution in [2.75, 3.05) is 0 Å². The molecule has 1 unspecified atom stereocenters. The summed E-state index contributed by atoms with van der Waals surface area (Å²) in [5.41, 5.74) is 0.472. The van der Waals surface area contributed by atoms with Crippen LogP contribution in [0.2, 0.25) is 0 Å². The Kier molecular flexibility index (Phi) is 3.93. The molecule has 0 saturated carbocycles. The molecule has 3 nitrogen and oxygen atoms in total. The first-order valence-electron chi connectivity index (χ1n) is 3.69. The minimum absolute atomic E-state index is 0.0717. The van der Waals surface area contributed by atoms with Gasteiger partial charge in [0, 0.05) is 6.20 Å². The lowest BCUT2D eigenvalue weighted by Gasteiger charge is -2.03. The van der Waals surface area contributed by atoms with Gasteiger partial charge in [0.1, 0.15) is 21.7 Å². The summed E-state index contributed by atoms with van der Waals surface area (Å²) in [6.45, 7) is 0. The van der Waals surface area contributed by atoms with Crippen LogP contribution in [-0.2, 0) is 0 Å². The Morgan fingerprint density at radius 1 is 1.64 bits per heavy atom. The summed E-state index contributed by atoms with van der Waals surface area (Å²) in [7, 11) is 0. The van der Waals surface area contributed by atoms with E-state index in [4.69, 9.17) is 16.9 Å². The minimum atomic E-state index is -0.779. The highest BCUT2D eigenvalue weighted by molar-refractivity contribution is 9.10. The summed E-state index contributed by atoms with van der Waals surface area (Å²) in [6.07, 6.45) is 1.54. The third kappa shape index (κ3) is 2.47. The maximum atomic E-state index is 9.48. The summed E-state index contributed by atoms with van der Waals surface area (Å²) in [5, 5.41) is 18.3. The molecule has 1 aromatic rings. The zero-order valence-corrected chi connectivity index (χ0v) is 9.33. The summed E-state index contributed by atoms with van der Waals surface area (Å²) in [6, 6.07) is 6.93. The molecular formula is C9H6BrClN2O. The van der Waals surface area contributed by atoms with E-state index in [9.17, 15) is 5.11 Å². The molecule has 0 spiro atoms. The Bertz CT molecular complexity index is 384. The first kappa shape index (κ1) is 11.0. The number of pyridine rings is 1. The Morgan fingerprint density at radius 3 is 2.79 bits per heavy atom. The zero-order chi connectivity index (χ0) is 10.6. The van der Waals surface area contributed by atoms with Crippen molar-refractivity contribution < 1.29 is 5.11 Å². The lowest BCUT2D eigenvalue weighted by Crippen LogP contribution is -1.98. The maximum absolute atomic E-state index is 9.48. The van der Waals surface area contributed by atoms with Crippen LogP contribution >= 0.6 is 27.5 Å². The van der Waals surface area contributed by atoms with E-state index in [1.807, 2.05) is 6.07 Å². The van der Waals surface area contributed by atoms with Gasteiger partial charge >= 0.3 is 0 Å². The van der Waals surface area contributed by atoms with E-state index in [-0.39, 0.29) is 11.3 Å². The van der Waals surface area contributed by atoms with Crippen molar-refractivity contribution in [3.8, 4) is 6.07 Å². The molecule has 0 aliphatic rings. The fourth-order valence-electron chi connectivity index (χ4n) is 0.866. The highest BCUT2D eigenvalue weighted by Crippen LogP contribution is 2.22. The van der Waals surface area contributed by atoms with Crippen molar-refractivity contribution in [3.63, 3.8) is 0 Å². The SMILES string of the molecule is N#CC(=C(O)C(Cl)Br)c1ccccn1. The lowest BCUT2D eigenvalue weighted by atomic mass is 10.1. The van der Waals surface area contributed by atoms with Gasteiger partial charge in [-0.3, -0.25) is 4.98 Å². The molecule has 1 N–H and O–H groups in total. The van der Waals surface area contributed by atoms with Gasteiger partial charge in [0.15, 0.2) is 0 Å². The lowest BCUT2D eigenvalue weighted by molar-refractivity contribution is 0.415. The molecule has 14 heavy (non-hydrogen) atoms. The number of aliphatic hydroxyl groups is 1. The average molecular weight is 274 g/mol. The maximum Gasteiger partial charge on any atom is 0.147 e. The van der Waals surface area contributed by atoms with Crippen LogP contribution in [0.3, 0.4) is 0 Å². The van der Waals surface area contributed by atoms with E-state index >= 15 is 0 Å². The molecule has 1 rings (SSSR count). The normalized spacial score (nSPS) is 14.1. The smallest absolute Gasteiger partial charge is 0.147 e. The topological polar surface area (TPSA) is 56.9 Å². The highest BCUT2D eigenvalue weighted by atomic mass is 79.9. The van der Waals surface area contributed by atoms with E-state index in [0.717, 1.165) is 0 Å². The Balaban J connectivity index is 3.19. The van der Waals surface area contributed by atoms with Crippen molar-refractivity contribution in [1.82, 2.24) is 4.98 Å². The summed E-state index contributed by atoms with van der Waals surface area (Å²) in [4.78, 5) is 3.93. The number of nitriles is 1. The Labute approximate surface area is 94.8 Å². The van der Waals surface area contributed by atoms with Crippen molar-refractivity contribution >= 4 is 33.1 Å². The van der Waals surface area contributed by atoms with Crippen LogP contribution in [0, 0.1) is 11.3 Å². The van der Waals surface area contributed by atoms with Gasteiger partial charge in [-0.05, 0) is 12.1 Å². The van der Waals surface area contributed by atoms with Crippen molar-refractivity contribution in [2.24, 2.45) is 0 Å². The summed E-state index contributed by atoms with van der Waals surface area (Å²) < 4.78 is -0.779. The Morgan fingerprint density at radius 2 is 2.36 bits per heavy atom. The van der Waals surface area contributed by atoms with Crippen LogP contribution in [0.25, 0.3) is 5.57 Å². The molecule has 1 atom stereocenters. The van der Waals surface area contributed by atoms with Gasteiger partial charge in [-0.1, -0.05) is 22.0 Å². The second kappa shape index (κ2) is 4.99. The average Bonchev–Trinajstić information content (AvgIpc) is 2.20. The van der Waals surface area contributed by atoms with Crippen LogP contribution in [0.5, 0.6) is 0 Å². The quantitative estimate of drug-likeness (QED) is 0.512. The molecule has 0 saturated heterocycles. The van der Waals surface area contributed by atoms with E-state index in [0.29, 0.717) is 5.69 Å². The first-order chi connectivity index (χ1) is 6.66. The molecule has 0 aliphatic heterocycles. The first-order valence-corrected chi connectivity index (χ1v) is 5.04. The number of alkyl halides is 2. The molecular weight excluding hydrogens is 267 g/mol. The van der Waals surface area contributed by atoms with Crippen LogP contribution in [-0.4, -0.2) is 14.4 Å². The van der Waals surface area contributed by atoms with E-state index < -0.39 is 4.29 Å². The molecule has 0 fully saturated rings. The predicted molar refractivity (Wildman–Crippen MR) is 58.0 cm³/mol. The van der Waals surface area contributed by atoms with Crippen LogP contribution in [0.1, 0.15) is 5.69 Å². The van der Waals surface area contributed by atoms with Gasteiger partial charge in [0.05, 0.1) is 5.69 Å². The number of allylic oxidation sites excluding steroid dienone is 2. The van der Waals surface area contributed by atoms with Crippen molar-refractivity contribution in [2.45, 2.75) is 4.29 Å². The number of aromatic nitrogens is 1. The van der Waals surface area contributed by atoms with Gasteiger partial charge in [-0.2, -0.15) is 5.26 Å². The number of nitrogens with zero attached hydrogens (tertiary/aromatic N) is 2. The molecule has 1 aromatic heterocycles. The Hall–Kier alpha value is -1.05. The molecule has 5 heteroatoms. The number of halogens is 2. The summed E-state index contributed by atoms with van der Waals surface area (Å²) in [5.74, 6) is -0.229. The second-order valence-electron chi connectivity index (χ2n) is 2.39. The van der Waals surface area contributed by atoms with Crippen LogP contribution in [0.15, 0.2) is 30.2 Å². The van der Waals surface area contributed by atoms with Crippen molar-refractivity contribution in [1.29, 1.82) is 5.26 Å². The zero-order valence-electron chi connectivity index (χ0n) is 6.98. The van der Waals surface area contributed by atoms with Gasteiger partial charge < -0.3 is 5.11 Å². The van der Waals surface area contributed by atoms with Crippen molar-refractivity contribution in [3.05, 3.63) is 35.8 Å². The molecule has 0 amide bonds. The van der Waals surface area contributed by atoms with E-state index in [1.165, 1.54) is 6.20 Å². The molecule has 0 aromatic carbocycles. The van der Waals surface area contributed by atoms with E-state index in [1.54, 1.807) is 18.2 Å². The predicted octanol–water partition coefficient (Wildman–Crippen LogP) is 2.83. The fourth-order valence-corrected chi connectivity index (χ4v) is 1.20. The molecule has 72 valence electrons. The molecule has 0 radical (unpaired) electrons. The number of aliphatic hydroxyl groups excluding tert-OH is 1. The van der Waals surface area contributed by atoms with Crippen LogP contribution in [0.4, 0.5) is 0 Å². The van der Waals surface area contributed by atoms with Gasteiger partial charge in [-0.15, -0.1) is 11.6 Å². The van der Waals surface area contributed by atoms with Gasteiger partial charge in [0.25, 0.3) is 0 Å². The molecule has 0 bridgehead atoms. The van der Waals surface area contributed by atoms with Gasteiger partial charge in [-0.25, -0.2) is 0 Å². The molecule has 1 heterocycles. The van der Waals surface area contributed by atoms with Gasteiger partial charge in [0.2, 0.25) is 0 Å². The van der Waals surface area contributed by atoms with Crippen LogP contribution < -0.4 is 0 Å². The monoisotopic (exact) mass is 272 g/mol.